The molecule has 4 heteroatoms. The zero-order valence-electron chi connectivity index (χ0n) is 10.0. The van der Waals surface area contributed by atoms with Crippen molar-refractivity contribution < 1.29 is 9.53 Å². The van der Waals surface area contributed by atoms with Gasteiger partial charge in [0, 0.05) is 0 Å². The van der Waals surface area contributed by atoms with E-state index in [-0.39, 0.29) is 0 Å². The Morgan fingerprint density at radius 3 is 2.76 bits per heavy atom. The lowest BCUT2D eigenvalue weighted by Gasteiger charge is -2.10. The summed E-state index contributed by atoms with van der Waals surface area (Å²) in [6.07, 6.45) is 4.62. The molecule has 94 valence electrons. The van der Waals surface area contributed by atoms with Crippen molar-refractivity contribution in [2.75, 3.05) is 11.9 Å². The van der Waals surface area contributed by atoms with Crippen LogP contribution in [0, 0.1) is 0 Å². The van der Waals surface area contributed by atoms with Gasteiger partial charge in [-0.25, -0.2) is 0 Å². The molecule has 17 heavy (non-hydrogen) atoms. The van der Waals surface area contributed by atoms with Gasteiger partial charge in [-0.3, -0.25) is 4.79 Å². The fourth-order valence-corrected chi connectivity index (χ4v) is 1.61. The van der Waals surface area contributed by atoms with Crippen LogP contribution >= 0.6 is 11.6 Å². The summed E-state index contributed by atoms with van der Waals surface area (Å²) >= 11 is 5.28. The summed E-state index contributed by atoms with van der Waals surface area (Å²) in [5.74, 6) is 0.665. The average Bonchev–Trinajstić information content (AvgIpc) is 2.30. The summed E-state index contributed by atoms with van der Waals surface area (Å²) in [7, 11) is 0. The molecule has 0 aliphatic heterocycles. The largest absolute Gasteiger partial charge is 0.491 e. The van der Waals surface area contributed by atoms with Crippen molar-refractivity contribution in [1.29, 1.82) is 0 Å². The zero-order valence-corrected chi connectivity index (χ0v) is 10.8. The summed E-state index contributed by atoms with van der Waals surface area (Å²) < 4.78 is 5.61. The van der Waals surface area contributed by atoms with Gasteiger partial charge in [-0.2, -0.15) is 0 Å². The first-order chi connectivity index (χ1) is 8.24. The number of para-hydroxylation sites is 2. The molecular formula is C13H18ClNO2. The van der Waals surface area contributed by atoms with Gasteiger partial charge in [-0.1, -0.05) is 38.3 Å². The summed E-state index contributed by atoms with van der Waals surface area (Å²) in [6, 6.07) is 7.28. The maximum absolute atomic E-state index is 10.8. The number of hydrogen-bond acceptors (Lipinski definition) is 2. The van der Waals surface area contributed by atoms with Gasteiger partial charge in [0.15, 0.2) is 0 Å². The van der Waals surface area contributed by atoms with Crippen LogP contribution < -0.4 is 10.1 Å². The van der Waals surface area contributed by atoms with E-state index in [0.29, 0.717) is 18.0 Å². The first-order valence-corrected chi connectivity index (χ1v) is 6.30. The first kappa shape index (κ1) is 13.8. The van der Waals surface area contributed by atoms with Crippen LogP contribution in [0.4, 0.5) is 10.5 Å². The highest BCUT2D eigenvalue weighted by Crippen LogP contribution is 2.24. The second kappa shape index (κ2) is 7.96. The van der Waals surface area contributed by atoms with E-state index in [1.807, 2.05) is 18.2 Å². The zero-order chi connectivity index (χ0) is 12.5. The Morgan fingerprint density at radius 2 is 2.06 bits per heavy atom. The minimum absolute atomic E-state index is 0.605. The molecule has 0 fully saturated rings. The summed E-state index contributed by atoms with van der Waals surface area (Å²) in [4.78, 5) is 10.8. The Labute approximate surface area is 107 Å². The van der Waals surface area contributed by atoms with Gasteiger partial charge < -0.3 is 10.1 Å². The fourth-order valence-electron chi connectivity index (χ4n) is 1.51. The van der Waals surface area contributed by atoms with Gasteiger partial charge in [0.1, 0.15) is 5.75 Å². The Bertz CT molecular complexity index is 355. The van der Waals surface area contributed by atoms with Crippen LogP contribution in [-0.2, 0) is 0 Å². The fraction of sp³-hybridized carbons (Fsp3) is 0.462. The minimum atomic E-state index is -0.605. The molecule has 0 saturated heterocycles. The minimum Gasteiger partial charge on any atom is -0.491 e. The predicted octanol–water partition coefficient (Wildman–Crippen LogP) is 4.42. The van der Waals surface area contributed by atoms with Gasteiger partial charge in [0.25, 0.3) is 0 Å². The average molecular weight is 256 g/mol. The van der Waals surface area contributed by atoms with E-state index in [1.54, 1.807) is 6.07 Å². The van der Waals surface area contributed by atoms with E-state index in [4.69, 9.17) is 16.3 Å². The molecule has 0 unspecified atom stereocenters. The molecular weight excluding hydrogens is 238 g/mol. The maximum Gasteiger partial charge on any atom is 0.318 e. The van der Waals surface area contributed by atoms with Crippen LogP contribution in [0.1, 0.15) is 32.6 Å². The standard InChI is InChI=1S/C13H18ClNO2/c1-2-3-4-7-10-17-12-9-6-5-8-11(12)15-13(14)16/h5-6,8-9H,2-4,7,10H2,1H3,(H,15,16). The quantitative estimate of drug-likeness (QED) is 0.445. The Hall–Kier alpha value is -1.22. The number of nitrogens with one attached hydrogen (secondary N) is 1. The monoisotopic (exact) mass is 255 g/mol. The number of carbonyl (C=O) groups excluding carboxylic acids is 1. The molecule has 0 heterocycles. The third kappa shape index (κ3) is 5.59. The molecule has 1 N–H and O–H groups in total. The van der Waals surface area contributed by atoms with E-state index < -0.39 is 5.37 Å². The molecule has 0 radical (unpaired) electrons. The molecule has 0 spiro atoms. The molecule has 1 rings (SSSR count). The van der Waals surface area contributed by atoms with E-state index in [2.05, 4.69) is 12.2 Å². The molecule has 1 amide bonds. The van der Waals surface area contributed by atoms with Crippen LogP contribution in [0.5, 0.6) is 5.75 Å². The Morgan fingerprint density at radius 1 is 1.29 bits per heavy atom. The smallest absolute Gasteiger partial charge is 0.318 e. The summed E-state index contributed by atoms with van der Waals surface area (Å²) in [5.41, 5.74) is 0.614. The van der Waals surface area contributed by atoms with Crippen molar-refractivity contribution in [1.82, 2.24) is 0 Å². The number of halogens is 1. The lowest BCUT2D eigenvalue weighted by molar-refractivity contribution is 0.268. The van der Waals surface area contributed by atoms with Gasteiger partial charge in [0.2, 0.25) is 0 Å². The number of hydrogen-bond donors (Lipinski definition) is 1. The van der Waals surface area contributed by atoms with E-state index in [1.165, 1.54) is 19.3 Å². The number of rotatable bonds is 7. The highest BCUT2D eigenvalue weighted by Gasteiger charge is 2.04. The van der Waals surface area contributed by atoms with Crippen LogP contribution in [-0.4, -0.2) is 12.0 Å². The molecule has 0 bridgehead atoms. The highest BCUT2D eigenvalue weighted by atomic mass is 35.5. The van der Waals surface area contributed by atoms with Crippen molar-refractivity contribution in [2.45, 2.75) is 32.6 Å². The van der Waals surface area contributed by atoms with Gasteiger partial charge in [0.05, 0.1) is 12.3 Å². The molecule has 0 aliphatic carbocycles. The summed E-state index contributed by atoms with van der Waals surface area (Å²) in [6.45, 7) is 2.83. The lowest BCUT2D eigenvalue weighted by Crippen LogP contribution is -2.05. The molecule has 0 aromatic heterocycles. The number of anilines is 1. The Kier molecular flexibility index (Phi) is 6.48. The van der Waals surface area contributed by atoms with Crippen LogP contribution in [0.2, 0.25) is 0 Å². The van der Waals surface area contributed by atoms with Crippen LogP contribution in [0.25, 0.3) is 0 Å². The third-order valence-electron chi connectivity index (χ3n) is 2.38. The topological polar surface area (TPSA) is 38.3 Å². The number of unbranched alkanes of at least 4 members (excludes halogenated alkanes) is 3. The van der Waals surface area contributed by atoms with Gasteiger partial charge >= 0.3 is 5.37 Å². The maximum atomic E-state index is 10.8. The SMILES string of the molecule is CCCCCCOc1ccccc1NC(=O)Cl. The molecule has 1 aromatic rings. The van der Waals surface area contributed by atoms with Crippen molar-refractivity contribution in [3.8, 4) is 5.75 Å². The normalized spacial score (nSPS) is 10.0. The number of benzene rings is 1. The predicted molar refractivity (Wildman–Crippen MR) is 71.0 cm³/mol. The molecule has 0 aliphatic rings. The highest BCUT2D eigenvalue weighted by molar-refractivity contribution is 6.65. The second-order valence-electron chi connectivity index (χ2n) is 3.80. The number of carbonyl (C=O) groups is 1. The van der Waals surface area contributed by atoms with E-state index >= 15 is 0 Å². The second-order valence-corrected chi connectivity index (χ2v) is 4.15. The molecule has 0 atom stereocenters. The van der Waals surface area contributed by atoms with Crippen LogP contribution in [0.3, 0.4) is 0 Å². The Balaban J connectivity index is 2.43. The van der Waals surface area contributed by atoms with Crippen molar-refractivity contribution >= 4 is 22.7 Å². The number of ether oxygens (including phenoxy) is 1. The molecule has 1 aromatic carbocycles. The lowest BCUT2D eigenvalue weighted by atomic mass is 10.2. The van der Waals surface area contributed by atoms with E-state index in [9.17, 15) is 4.79 Å². The number of amides is 1. The van der Waals surface area contributed by atoms with Crippen molar-refractivity contribution in [3.63, 3.8) is 0 Å². The van der Waals surface area contributed by atoms with Crippen molar-refractivity contribution in [3.05, 3.63) is 24.3 Å². The molecule has 0 saturated carbocycles. The molecule has 3 nitrogen and oxygen atoms in total. The third-order valence-corrected chi connectivity index (χ3v) is 2.47. The van der Waals surface area contributed by atoms with E-state index in [0.717, 1.165) is 6.42 Å². The first-order valence-electron chi connectivity index (χ1n) is 5.92. The van der Waals surface area contributed by atoms with Crippen LogP contribution in [0.15, 0.2) is 24.3 Å². The van der Waals surface area contributed by atoms with Gasteiger partial charge in [-0.05, 0) is 30.2 Å². The van der Waals surface area contributed by atoms with Gasteiger partial charge in [-0.15, -0.1) is 0 Å². The van der Waals surface area contributed by atoms with Crippen molar-refractivity contribution in [2.24, 2.45) is 0 Å². The summed E-state index contributed by atoms with van der Waals surface area (Å²) in [5, 5.41) is 1.92.